The van der Waals surface area contributed by atoms with E-state index in [0.29, 0.717) is 18.1 Å². The van der Waals surface area contributed by atoms with Crippen molar-refractivity contribution in [1.82, 2.24) is 15.6 Å². The minimum atomic E-state index is 0. The summed E-state index contributed by atoms with van der Waals surface area (Å²) in [5.74, 6) is 1.51. The number of fused-ring (bicyclic) bond motifs is 1. The Morgan fingerprint density at radius 3 is 2.96 bits per heavy atom. The minimum Gasteiger partial charge on any atom is -0.377 e. The van der Waals surface area contributed by atoms with Gasteiger partial charge in [0.05, 0.1) is 11.1 Å². The number of hydrogen-bond acceptors (Lipinski definition) is 4. The van der Waals surface area contributed by atoms with Crippen molar-refractivity contribution in [3.8, 4) is 0 Å². The predicted molar refractivity (Wildman–Crippen MR) is 106 cm³/mol. The van der Waals surface area contributed by atoms with Gasteiger partial charge in [0, 0.05) is 55.1 Å². The lowest BCUT2D eigenvalue weighted by atomic mass is 9.57. The van der Waals surface area contributed by atoms with E-state index in [1.807, 2.05) is 13.2 Å². The summed E-state index contributed by atoms with van der Waals surface area (Å²) in [4.78, 5) is 10.0. The average molecular weight is 450 g/mol. The molecule has 1 saturated heterocycles. The highest BCUT2D eigenvalue weighted by molar-refractivity contribution is 14.0. The zero-order chi connectivity index (χ0) is 15.7. The second-order valence-electron chi connectivity index (χ2n) is 6.80. The molecule has 7 heteroatoms. The van der Waals surface area contributed by atoms with Gasteiger partial charge in [-0.2, -0.15) is 0 Å². The molecule has 0 bridgehead atoms. The molecule has 2 N–H and O–H groups in total. The van der Waals surface area contributed by atoms with Gasteiger partial charge in [-0.1, -0.05) is 13.8 Å². The molecule has 130 valence electrons. The number of aliphatic imine (C=N–C) groups is 1. The van der Waals surface area contributed by atoms with Crippen molar-refractivity contribution in [1.29, 1.82) is 0 Å². The summed E-state index contributed by atoms with van der Waals surface area (Å²) in [6.07, 6.45) is 4.43. The van der Waals surface area contributed by atoms with E-state index >= 15 is 0 Å². The summed E-state index contributed by atoms with van der Waals surface area (Å²) in [7, 11) is 1.83. The van der Waals surface area contributed by atoms with Crippen LogP contribution in [-0.4, -0.2) is 43.3 Å². The molecular weight excluding hydrogens is 423 g/mol. The molecule has 3 unspecified atom stereocenters. The number of nitrogens with zero attached hydrogens (tertiary/aromatic N) is 2. The smallest absolute Gasteiger partial charge is 0.191 e. The number of nitrogens with one attached hydrogen (secondary N) is 2. The maximum atomic E-state index is 5.85. The van der Waals surface area contributed by atoms with Crippen LogP contribution in [0.25, 0.3) is 0 Å². The van der Waals surface area contributed by atoms with E-state index in [1.165, 1.54) is 9.88 Å². The lowest BCUT2D eigenvalue weighted by Crippen LogP contribution is -2.68. The third-order valence-electron chi connectivity index (χ3n) is 4.92. The normalized spacial score (nSPS) is 28.5. The van der Waals surface area contributed by atoms with Crippen LogP contribution in [0.3, 0.4) is 0 Å². The van der Waals surface area contributed by atoms with Crippen molar-refractivity contribution in [2.24, 2.45) is 16.3 Å². The fraction of sp³-hybridized carbons (Fsp3) is 0.750. The predicted octanol–water partition coefficient (Wildman–Crippen LogP) is 2.59. The van der Waals surface area contributed by atoms with E-state index in [0.717, 1.165) is 32.0 Å². The van der Waals surface area contributed by atoms with Crippen molar-refractivity contribution in [3.05, 3.63) is 16.1 Å². The van der Waals surface area contributed by atoms with Crippen molar-refractivity contribution < 1.29 is 4.74 Å². The highest BCUT2D eigenvalue weighted by Crippen LogP contribution is 2.52. The molecule has 2 fully saturated rings. The van der Waals surface area contributed by atoms with E-state index in [2.05, 4.69) is 41.4 Å². The molecule has 3 rings (SSSR count). The van der Waals surface area contributed by atoms with Crippen LogP contribution < -0.4 is 10.6 Å². The Morgan fingerprint density at radius 2 is 2.30 bits per heavy atom. The summed E-state index contributed by atoms with van der Waals surface area (Å²) in [6.45, 7) is 8.40. The van der Waals surface area contributed by atoms with Crippen LogP contribution in [0.4, 0.5) is 0 Å². The average Bonchev–Trinajstić information content (AvgIpc) is 3.10. The van der Waals surface area contributed by atoms with Crippen molar-refractivity contribution in [2.45, 2.75) is 45.8 Å². The van der Waals surface area contributed by atoms with Crippen LogP contribution >= 0.6 is 35.3 Å². The van der Waals surface area contributed by atoms with Gasteiger partial charge in [0.2, 0.25) is 0 Å². The van der Waals surface area contributed by atoms with E-state index < -0.39 is 0 Å². The van der Waals surface area contributed by atoms with Gasteiger partial charge in [-0.25, -0.2) is 4.98 Å². The Morgan fingerprint density at radius 1 is 1.52 bits per heavy atom. The summed E-state index contributed by atoms with van der Waals surface area (Å²) >= 11 is 1.76. The second kappa shape index (κ2) is 7.65. The third kappa shape index (κ3) is 3.82. The number of guanidine groups is 1. The van der Waals surface area contributed by atoms with Crippen LogP contribution in [0, 0.1) is 18.3 Å². The highest BCUT2D eigenvalue weighted by Gasteiger charge is 2.59. The van der Waals surface area contributed by atoms with Gasteiger partial charge in [-0.15, -0.1) is 35.3 Å². The molecule has 5 nitrogen and oxygen atoms in total. The summed E-state index contributed by atoms with van der Waals surface area (Å²) in [6, 6.07) is 0.438. The first-order valence-electron chi connectivity index (χ1n) is 8.02. The van der Waals surface area contributed by atoms with Crippen LogP contribution in [0.5, 0.6) is 0 Å². The number of halogens is 1. The molecule has 2 aliphatic rings. The maximum Gasteiger partial charge on any atom is 0.191 e. The molecule has 0 aromatic carbocycles. The Kier molecular flexibility index (Phi) is 6.29. The van der Waals surface area contributed by atoms with Gasteiger partial charge in [-0.05, 0) is 13.3 Å². The van der Waals surface area contributed by atoms with E-state index in [9.17, 15) is 0 Å². The number of aryl methyl sites for hydroxylation is 1. The lowest BCUT2D eigenvalue weighted by Gasteiger charge is -2.54. The molecule has 3 atom stereocenters. The zero-order valence-corrected chi connectivity index (χ0v) is 17.4. The van der Waals surface area contributed by atoms with E-state index in [4.69, 9.17) is 4.74 Å². The van der Waals surface area contributed by atoms with Crippen molar-refractivity contribution in [3.63, 3.8) is 0 Å². The van der Waals surface area contributed by atoms with Gasteiger partial charge in [0.25, 0.3) is 0 Å². The maximum absolute atomic E-state index is 5.85. The number of thiazole rings is 1. The van der Waals surface area contributed by atoms with Crippen LogP contribution in [-0.2, 0) is 11.2 Å². The fourth-order valence-electron chi connectivity index (χ4n) is 3.76. The minimum absolute atomic E-state index is 0. The monoisotopic (exact) mass is 450 g/mol. The molecule has 1 aromatic rings. The zero-order valence-electron chi connectivity index (χ0n) is 14.3. The Hall–Kier alpha value is -0.410. The summed E-state index contributed by atoms with van der Waals surface area (Å²) in [5, 5.41) is 8.18. The number of aromatic nitrogens is 1. The van der Waals surface area contributed by atoms with Crippen molar-refractivity contribution >= 4 is 41.3 Å². The van der Waals surface area contributed by atoms with Gasteiger partial charge in [0.15, 0.2) is 5.96 Å². The SMILES string of the molecule is CN=C(NCCc1ncc(C)s1)NC1C2CCOC2C1(C)C.I. The number of hydrogen-bond donors (Lipinski definition) is 2. The lowest BCUT2D eigenvalue weighted by molar-refractivity contribution is -0.106. The van der Waals surface area contributed by atoms with Crippen LogP contribution in [0.2, 0.25) is 0 Å². The van der Waals surface area contributed by atoms with Crippen LogP contribution in [0.15, 0.2) is 11.2 Å². The first kappa shape index (κ1) is 18.9. The Labute approximate surface area is 159 Å². The molecule has 2 heterocycles. The summed E-state index contributed by atoms with van der Waals surface area (Å²) < 4.78 is 5.85. The van der Waals surface area contributed by atoms with Crippen LogP contribution in [0.1, 0.15) is 30.2 Å². The number of ether oxygens (including phenoxy) is 1. The van der Waals surface area contributed by atoms with Gasteiger partial charge < -0.3 is 15.4 Å². The van der Waals surface area contributed by atoms with E-state index in [1.54, 1.807) is 11.3 Å². The van der Waals surface area contributed by atoms with Gasteiger partial charge >= 0.3 is 0 Å². The Bertz CT molecular complexity index is 560. The molecule has 0 spiro atoms. The molecule has 1 saturated carbocycles. The third-order valence-corrected chi connectivity index (χ3v) is 5.89. The van der Waals surface area contributed by atoms with Gasteiger partial charge in [0.1, 0.15) is 0 Å². The Balaban J connectivity index is 0.00000192. The molecule has 0 amide bonds. The molecule has 1 aliphatic heterocycles. The van der Waals surface area contributed by atoms with E-state index in [-0.39, 0.29) is 29.4 Å². The molecule has 1 aliphatic carbocycles. The summed E-state index contributed by atoms with van der Waals surface area (Å²) in [5.41, 5.74) is 0.172. The van der Waals surface area contributed by atoms with Gasteiger partial charge in [-0.3, -0.25) is 4.99 Å². The fourth-order valence-corrected chi connectivity index (χ4v) is 4.55. The second-order valence-corrected chi connectivity index (χ2v) is 8.12. The molecule has 23 heavy (non-hydrogen) atoms. The first-order chi connectivity index (χ1) is 10.5. The first-order valence-corrected chi connectivity index (χ1v) is 8.84. The topological polar surface area (TPSA) is 58.5 Å². The molecule has 1 aromatic heterocycles. The largest absolute Gasteiger partial charge is 0.377 e. The molecular formula is C16H27IN4OS. The quantitative estimate of drug-likeness (QED) is 0.421. The van der Waals surface area contributed by atoms with Crippen molar-refractivity contribution in [2.75, 3.05) is 20.2 Å². The standard InChI is InChI=1S/C16H26N4OS.HI/c1-10-9-19-12(22-10)5-7-18-15(17-4)20-13-11-6-8-21-14(11)16(13,2)3;/h9,11,13-14H,5-8H2,1-4H3,(H2,17,18,20);1H. The number of rotatable bonds is 4. The highest BCUT2D eigenvalue weighted by atomic mass is 127. The molecule has 0 radical (unpaired) electrons.